The van der Waals surface area contributed by atoms with Crippen LogP contribution in [0.1, 0.15) is 63.0 Å². The van der Waals surface area contributed by atoms with Crippen LogP contribution >= 0.6 is 28.6 Å². The maximum atomic E-state index is 14.2. The largest absolute Gasteiger partial charge is 0.448 e. The van der Waals surface area contributed by atoms with E-state index >= 15 is 0 Å². The summed E-state index contributed by atoms with van der Waals surface area (Å²) in [7, 11) is -3.99. The van der Waals surface area contributed by atoms with E-state index in [1.165, 1.54) is 60.0 Å². The van der Waals surface area contributed by atoms with E-state index in [-0.39, 0.29) is 28.5 Å². The van der Waals surface area contributed by atoms with Gasteiger partial charge >= 0.3 is 6.09 Å². The summed E-state index contributed by atoms with van der Waals surface area (Å²) in [6, 6.07) is 11.5. The number of sulfonamides is 1. The highest BCUT2D eigenvalue weighted by atomic mass is 79.9. The summed E-state index contributed by atoms with van der Waals surface area (Å²) in [6.07, 6.45) is 7.07. The van der Waals surface area contributed by atoms with Crippen LogP contribution in [0.15, 0.2) is 53.4 Å². The van der Waals surface area contributed by atoms with Gasteiger partial charge in [0.25, 0.3) is 0 Å². The Morgan fingerprint density at radius 1 is 0.925 bits per heavy atom. The minimum absolute atomic E-state index is 0. The molecule has 2 aromatic carbocycles. The number of carbonyl (C=O) groups excluding carboxylic acids is 1. The molecule has 220 valence electrons. The van der Waals surface area contributed by atoms with Crippen LogP contribution in [0, 0.1) is 5.82 Å². The highest BCUT2D eigenvalue weighted by molar-refractivity contribution is 8.93. The van der Waals surface area contributed by atoms with E-state index in [1.807, 2.05) is 0 Å². The van der Waals surface area contributed by atoms with E-state index in [0.717, 1.165) is 32.4 Å². The summed E-state index contributed by atoms with van der Waals surface area (Å²) < 4.78 is 49.2. The predicted molar refractivity (Wildman–Crippen MR) is 159 cm³/mol. The number of nitrogens with zero attached hydrogens (tertiary/aromatic N) is 3. The lowest BCUT2D eigenvalue weighted by molar-refractivity contribution is 0.0449. The third-order valence-corrected chi connectivity index (χ3v) is 10.6. The molecule has 3 aliphatic heterocycles. The van der Waals surface area contributed by atoms with Crippen LogP contribution in [0.2, 0.25) is 5.02 Å². The Hall–Kier alpha value is -1.72. The zero-order valence-corrected chi connectivity index (χ0v) is 25.9. The summed E-state index contributed by atoms with van der Waals surface area (Å²) in [4.78, 5) is 17.4. The predicted octanol–water partition coefficient (Wildman–Crippen LogP) is 6.43. The molecule has 0 radical (unpaired) electrons. The van der Waals surface area contributed by atoms with Gasteiger partial charge in [0.05, 0.1) is 17.0 Å². The standard InChI is InChI=1S/C29H37ClFN3O4S.BrH/c30-23-10-12-27(13-11-23)39(36,37)34-26(8-5-9-28(34)22-6-4-7-24(31)20-22)21-38-29(35)33-18-14-25(15-19-33)32-16-2-1-3-17-32;/h4,6-7,10-13,20,25-26,28H,1-3,5,8-9,14-19,21H2;1H/t26-,28+;/m1./s1. The third-order valence-electron chi connectivity index (χ3n) is 8.33. The molecule has 3 aliphatic rings. The summed E-state index contributed by atoms with van der Waals surface area (Å²) in [5.41, 5.74) is 0.586. The zero-order valence-electron chi connectivity index (χ0n) is 22.6. The first kappa shape index (κ1) is 31.2. The van der Waals surface area contributed by atoms with E-state index in [9.17, 15) is 17.6 Å². The first-order valence-electron chi connectivity index (χ1n) is 14.0. The first-order chi connectivity index (χ1) is 18.8. The van der Waals surface area contributed by atoms with Crippen molar-refractivity contribution in [3.63, 3.8) is 0 Å². The number of ether oxygens (including phenoxy) is 1. The van der Waals surface area contributed by atoms with E-state index in [2.05, 4.69) is 4.90 Å². The highest BCUT2D eigenvalue weighted by Crippen LogP contribution is 2.39. The molecule has 1 amide bonds. The maximum Gasteiger partial charge on any atom is 0.409 e. The Kier molecular flexibility index (Phi) is 10.9. The fourth-order valence-electron chi connectivity index (χ4n) is 6.29. The smallest absolute Gasteiger partial charge is 0.409 e. The van der Waals surface area contributed by atoms with Crippen molar-refractivity contribution in [3.8, 4) is 0 Å². The monoisotopic (exact) mass is 657 g/mol. The van der Waals surface area contributed by atoms with Gasteiger partial charge in [0.2, 0.25) is 10.0 Å². The molecule has 3 heterocycles. The Morgan fingerprint density at radius 3 is 2.30 bits per heavy atom. The molecule has 0 N–H and O–H groups in total. The van der Waals surface area contributed by atoms with Crippen molar-refractivity contribution in [3.05, 3.63) is 64.9 Å². The number of piperidine rings is 3. The molecular formula is C29H38BrClFN3O4S. The van der Waals surface area contributed by atoms with Crippen molar-refractivity contribution in [1.29, 1.82) is 0 Å². The van der Waals surface area contributed by atoms with Crippen molar-refractivity contribution in [1.82, 2.24) is 14.1 Å². The van der Waals surface area contributed by atoms with E-state index in [4.69, 9.17) is 16.3 Å². The van der Waals surface area contributed by atoms with Gasteiger partial charge in [0.15, 0.2) is 0 Å². The lowest BCUT2D eigenvalue weighted by Crippen LogP contribution is -2.50. The van der Waals surface area contributed by atoms with Crippen molar-refractivity contribution in [2.45, 2.75) is 74.4 Å². The molecule has 40 heavy (non-hydrogen) atoms. The minimum atomic E-state index is -3.99. The SMILES string of the molecule is Br.O=C(OC[C@H]1CCC[C@@H](c2cccc(F)c2)N1S(=O)(=O)c1ccc(Cl)cc1)N1CCC(N2CCCCC2)CC1. The normalized spacial score (nSPS) is 23.4. The molecule has 0 unspecified atom stereocenters. The maximum absolute atomic E-state index is 14.2. The Bertz CT molecular complexity index is 1240. The quantitative estimate of drug-likeness (QED) is 0.358. The van der Waals surface area contributed by atoms with Crippen LogP contribution in [0.25, 0.3) is 0 Å². The molecule has 7 nitrogen and oxygen atoms in total. The Balaban J connectivity index is 0.00000370. The van der Waals surface area contributed by atoms with E-state index in [1.54, 1.807) is 17.0 Å². The van der Waals surface area contributed by atoms with Gasteiger partial charge in [0.1, 0.15) is 12.4 Å². The number of hydrogen-bond donors (Lipinski definition) is 0. The minimum Gasteiger partial charge on any atom is -0.448 e. The molecular weight excluding hydrogens is 621 g/mol. The molecule has 0 spiro atoms. The van der Waals surface area contributed by atoms with E-state index in [0.29, 0.717) is 42.6 Å². The lowest BCUT2D eigenvalue weighted by atomic mass is 9.93. The molecule has 2 aromatic rings. The average molecular weight is 659 g/mol. The molecule has 5 rings (SSSR count). The molecule has 11 heteroatoms. The average Bonchev–Trinajstić information content (AvgIpc) is 2.96. The first-order valence-corrected chi connectivity index (χ1v) is 15.8. The Morgan fingerprint density at radius 2 is 1.62 bits per heavy atom. The highest BCUT2D eigenvalue weighted by Gasteiger charge is 2.41. The molecule has 3 saturated heterocycles. The molecule has 0 saturated carbocycles. The number of rotatable bonds is 6. The van der Waals surface area contributed by atoms with Crippen LogP contribution in [0.3, 0.4) is 0 Å². The fourth-order valence-corrected chi connectivity index (χ4v) is 8.26. The third kappa shape index (κ3) is 7.18. The van der Waals surface area contributed by atoms with Crippen molar-refractivity contribution < 1.29 is 22.3 Å². The number of carbonyl (C=O) groups is 1. The van der Waals surface area contributed by atoms with Crippen molar-refractivity contribution in [2.75, 3.05) is 32.8 Å². The number of benzene rings is 2. The molecule has 0 aromatic heterocycles. The number of amides is 1. The molecule has 0 aliphatic carbocycles. The zero-order chi connectivity index (χ0) is 27.4. The van der Waals surface area contributed by atoms with E-state index < -0.39 is 34.0 Å². The summed E-state index contributed by atoms with van der Waals surface area (Å²) in [5.74, 6) is -0.419. The Labute approximate surface area is 252 Å². The van der Waals surface area contributed by atoms with Crippen LogP contribution in [-0.4, -0.2) is 73.5 Å². The molecule has 0 bridgehead atoms. The number of likely N-dealkylation sites (tertiary alicyclic amines) is 2. The topological polar surface area (TPSA) is 70.2 Å². The number of hydrogen-bond acceptors (Lipinski definition) is 5. The van der Waals surface area contributed by atoms with Crippen LogP contribution in [0.4, 0.5) is 9.18 Å². The van der Waals surface area contributed by atoms with Gasteiger partial charge in [-0.3, -0.25) is 0 Å². The fraction of sp³-hybridized carbons (Fsp3) is 0.552. The summed E-state index contributed by atoms with van der Waals surface area (Å²) in [5, 5.41) is 0.434. The van der Waals surface area contributed by atoms with Gasteiger partial charge in [0, 0.05) is 24.2 Å². The van der Waals surface area contributed by atoms with Crippen molar-refractivity contribution in [2.24, 2.45) is 0 Å². The molecule has 2 atom stereocenters. The summed E-state index contributed by atoms with van der Waals surface area (Å²) in [6.45, 7) is 3.51. The van der Waals surface area contributed by atoms with Gasteiger partial charge in [-0.15, -0.1) is 17.0 Å². The van der Waals surface area contributed by atoms with Crippen LogP contribution in [-0.2, 0) is 14.8 Å². The van der Waals surface area contributed by atoms with Crippen LogP contribution < -0.4 is 0 Å². The second-order valence-electron chi connectivity index (χ2n) is 10.8. The second kappa shape index (κ2) is 14.0. The molecule has 3 fully saturated rings. The van der Waals surface area contributed by atoms with Gasteiger partial charge in [-0.2, -0.15) is 4.31 Å². The van der Waals surface area contributed by atoms with Crippen LogP contribution in [0.5, 0.6) is 0 Å². The number of halogens is 3. The van der Waals surface area contributed by atoms with Gasteiger partial charge < -0.3 is 14.5 Å². The van der Waals surface area contributed by atoms with Gasteiger partial charge in [-0.25, -0.2) is 17.6 Å². The lowest BCUT2D eigenvalue weighted by Gasteiger charge is -2.42. The summed E-state index contributed by atoms with van der Waals surface area (Å²) >= 11 is 6.01. The second-order valence-corrected chi connectivity index (χ2v) is 13.1. The van der Waals surface area contributed by atoms with Crippen molar-refractivity contribution >= 4 is 44.7 Å². The van der Waals surface area contributed by atoms with Gasteiger partial charge in [-0.1, -0.05) is 30.2 Å². The van der Waals surface area contributed by atoms with Gasteiger partial charge in [-0.05, 0) is 100.0 Å².